The predicted octanol–water partition coefficient (Wildman–Crippen LogP) is 5.14. The predicted molar refractivity (Wildman–Crippen MR) is 107 cm³/mol. The van der Waals surface area contributed by atoms with Gasteiger partial charge in [-0.2, -0.15) is 0 Å². The molecule has 4 aromatic rings. The van der Waals surface area contributed by atoms with E-state index in [4.69, 9.17) is 0 Å². The number of hydrogen-bond donors (Lipinski definition) is 0. The van der Waals surface area contributed by atoms with Crippen LogP contribution in [0.3, 0.4) is 0 Å². The van der Waals surface area contributed by atoms with E-state index in [1.165, 1.54) is 41.1 Å². The van der Waals surface area contributed by atoms with Gasteiger partial charge in [0.15, 0.2) is 5.78 Å². The number of carbonyl (C=O) groups is 1. The molecule has 5 heteroatoms. The minimum absolute atomic E-state index is 0.0308. The van der Waals surface area contributed by atoms with Gasteiger partial charge in [0.25, 0.3) is 5.69 Å². The molecule has 5 nitrogen and oxygen atoms in total. The van der Waals surface area contributed by atoms with Gasteiger partial charge in [0.1, 0.15) is 0 Å². The number of nitro benzene ring substituents is 1. The van der Waals surface area contributed by atoms with Crippen molar-refractivity contribution in [3.8, 4) is 0 Å². The Balaban J connectivity index is 1.64. The Labute approximate surface area is 155 Å². The first-order valence-corrected chi connectivity index (χ1v) is 8.48. The van der Waals surface area contributed by atoms with Crippen LogP contribution in [0.25, 0.3) is 27.9 Å². The van der Waals surface area contributed by atoms with Crippen LogP contribution in [-0.2, 0) is 7.05 Å². The minimum atomic E-state index is -0.483. The Morgan fingerprint density at radius 2 is 1.67 bits per heavy atom. The number of fused-ring (bicyclic) bond motifs is 3. The Kier molecular flexibility index (Phi) is 4.05. The van der Waals surface area contributed by atoms with Gasteiger partial charge in [-0.25, -0.2) is 0 Å². The summed E-state index contributed by atoms with van der Waals surface area (Å²) in [6, 6.07) is 19.9. The van der Waals surface area contributed by atoms with Crippen molar-refractivity contribution >= 4 is 39.4 Å². The molecule has 0 aliphatic carbocycles. The first-order valence-electron chi connectivity index (χ1n) is 8.48. The van der Waals surface area contributed by atoms with Crippen LogP contribution < -0.4 is 0 Å². The maximum atomic E-state index is 12.3. The number of aromatic nitrogens is 1. The lowest BCUT2D eigenvalue weighted by atomic mass is 10.1. The number of benzene rings is 3. The Bertz CT molecular complexity index is 1220. The molecule has 0 saturated heterocycles. The molecule has 0 N–H and O–H groups in total. The number of non-ortho nitro benzene ring substituents is 1. The second-order valence-corrected chi connectivity index (χ2v) is 6.35. The number of allylic oxidation sites excluding steroid dienone is 1. The van der Waals surface area contributed by atoms with Crippen molar-refractivity contribution in [2.24, 2.45) is 7.05 Å². The summed E-state index contributed by atoms with van der Waals surface area (Å²) in [5.41, 5.74) is 3.57. The molecule has 132 valence electrons. The number of aryl methyl sites for hydroxylation is 1. The number of carbonyl (C=O) groups excluding carboxylic acids is 1. The molecule has 0 bridgehead atoms. The molecule has 0 fully saturated rings. The van der Waals surface area contributed by atoms with Crippen molar-refractivity contribution in [1.82, 2.24) is 4.57 Å². The third-order valence-corrected chi connectivity index (χ3v) is 4.73. The maximum absolute atomic E-state index is 12.3. The molecule has 0 saturated carbocycles. The summed E-state index contributed by atoms with van der Waals surface area (Å²) in [5, 5.41) is 13.1. The summed E-state index contributed by atoms with van der Waals surface area (Å²) < 4.78 is 2.14. The number of nitrogens with zero attached hydrogens (tertiary/aromatic N) is 2. The number of nitro groups is 1. The van der Waals surface area contributed by atoms with Gasteiger partial charge in [-0.15, -0.1) is 0 Å². The molecule has 4 rings (SSSR count). The van der Waals surface area contributed by atoms with E-state index in [-0.39, 0.29) is 11.5 Å². The second kappa shape index (κ2) is 6.53. The van der Waals surface area contributed by atoms with Crippen molar-refractivity contribution in [3.63, 3.8) is 0 Å². The van der Waals surface area contributed by atoms with Crippen molar-refractivity contribution in [1.29, 1.82) is 0 Å². The van der Waals surface area contributed by atoms with E-state index in [0.717, 1.165) is 16.6 Å². The average Bonchev–Trinajstić information content (AvgIpc) is 2.98. The summed E-state index contributed by atoms with van der Waals surface area (Å²) in [6.45, 7) is 0. The van der Waals surface area contributed by atoms with E-state index in [0.29, 0.717) is 5.56 Å². The van der Waals surface area contributed by atoms with Crippen LogP contribution >= 0.6 is 0 Å². The van der Waals surface area contributed by atoms with Gasteiger partial charge in [0.2, 0.25) is 0 Å². The zero-order chi connectivity index (χ0) is 19.0. The zero-order valence-electron chi connectivity index (χ0n) is 14.6. The van der Waals surface area contributed by atoms with E-state index in [9.17, 15) is 14.9 Å². The van der Waals surface area contributed by atoms with Crippen LogP contribution in [0.15, 0.2) is 72.8 Å². The fraction of sp³-hybridized carbons (Fsp3) is 0.0455. The standard InChI is InChI=1S/C22H16N2O3/c1-23-20-5-3-2-4-18(20)19-12-6-15(14-21(19)23)7-13-22(25)16-8-10-17(11-9-16)24(26)27/h2-14H,1H3. The van der Waals surface area contributed by atoms with Gasteiger partial charge in [0, 0.05) is 46.5 Å². The summed E-state index contributed by atoms with van der Waals surface area (Å²) >= 11 is 0. The van der Waals surface area contributed by atoms with Gasteiger partial charge in [-0.3, -0.25) is 14.9 Å². The van der Waals surface area contributed by atoms with Crippen LogP contribution in [0, 0.1) is 10.1 Å². The molecule has 0 amide bonds. The fourth-order valence-corrected chi connectivity index (χ4v) is 3.30. The maximum Gasteiger partial charge on any atom is 0.269 e. The number of rotatable bonds is 4. The molecule has 0 aliphatic heterocycles. The molecule has 1 heterocycles. The molecule has 0 unspecified atom stereocenters. The monoisotopic (exact) mass is 356 g/mol. The van der Waals surface area contributed by atoms with Gasteiger partial charge in [-0.1, -0.05) is 36.4 Å². The molecule has 0 atom stereocenters. The van der Waals surface area contributed by atoms with Gasteiger partial charge >= 0.3 is 0 Å². The Morgan fingerprint density at radius 3 is 2.41 bits per heavy atom. The molecule has 1 aromatic heterocycles. The lowest BCUT2D eigenvalue weighted by molar-refractivity contribution is -0.384. The van der Waals surface area contributed by atoms with Gasteiger partial charge in [0.05, 0.1) is 4.92 Å². The third kappa shape index (κ3) is 3.00. The Morgan fingerprint density at radius 1 is 0.963 bits per heavy atom. The summed E-state index contributed by atoms with van der Waals surface area (Å²) in [6.07, 6.45) is 3.26. The highest BCUT2D eigenvalue weighted by molar-refractivity contribution is 6.09. The van der Waals surface area contributed by atoms with Crippen LogP contribution in [0.2, 0.25) is 0 Å². The fourth-order valence-electron chi connectivity index (χ4n) is 3.30. The summed E-state index contributed by atoms with van der Waals surface area (Å²) in [5.74, 6) is -0.193. The van der Waals surface area contributed by atoms with Crippen molar-refractivity contribution in [2.75, 3.05) is 0 Å². The highest BCUT2D eigenvalue weighted by Gasteiger charge is 2.09. The number of ketones is 1. The third-order valence-electron chi connectivity index (χ3n) is 4.73. The average molecular weight is 356 g/mol. The minimum Gasteiger partial charge on any atom is -0.344 e. The molecule has 3 aromatic carbocycles. The van der Waals surface area contributed by atoms with Gasteiger partial charge in [-0.05, 0) is 35.9 Å². The molecule has 0 spiro atoms. The Hall–Kier alpha value is -3.73. The van der Waals surface area contributed by atoms with Crippen LogP contribution in [-0.4, -0.2) is 15.3 Å². The normalized spacial score (nSPS) is 11.4. The number of para-hydroxylation sites is 1. The largest absolute Gasteiger partial charge is 0.344 e. The first kappa shape index (κ1) is 16.7. The second-order valence-electron chi connectivity index (χ2n) is 6.35. The van der Waals surface area contributed by atoms with E-state index in [1.54, 1.807) is 6.08 Å². The van der Waals surface area contributed by atoms with E-state index >= 15 is 0 Å². The van der Waals surface area contributed by atoms with Crippen molar-refractivity contribution in [3.05, 3.63) is 94.0 Å². The van der Waals surface area contributed by atoms with Crippen molar-refractivity contribution in [2.45, 2.75) is 0 Å². The van der Waals surface area contributed by atoms with Crippen LogP contribution in [0.4, 0.5) is 5.69 Å². The topological polar surface area (TPSA) is 65.1 Å². The van der Waals surface area contributed by atoms with E-state index in [1.807, 2.05) is 25.2 Å². The zero-order valence-corrected chi connectivity index (χ0v) is 14.6. The molecular weight excluding hydrogens is 340 g/mol. The summed E-state index contributed by atoms with van der Waals surface area (Å²) in [7, 11) is 2.03. The highest BCUT2D eigenvalue weighted by atomic mass is 16.6. The lowest BCUT2D eigenvalue weighted by Gasteiger charge is -2.00. The first-order chi connectivity index (χ1) is 13.0. The lowest BCUT2D eigenvalue weighted by Crippen LogP contribution is -1.95. The van der Waals surface area contributed by atoms with Crippen LogP contribution in [0.1, 0.15) is 15.9 Å². The van der Waals surface area contributed by atoms with E-state index in [2.05, 4.69) is 28.8 Å². The molecule has 0 aliphatic rings. The smallest absolute Gasteiger partial charge is 0.269 e. The van der Waals surface area contributed by atoms with Crippen molar-refractivity contribution < 1.29 is 9.72 Å². The quantitative estimate of drug-likeness (QED) is 0.220. The van der Waals surface area contributed by atoms with Gasteiger partial charge < -0.3 is 4.57 Å². The van der Waals surface area contributed by atoms with E-state index < -0.39 is 4.92 Å². The molecule has 27 heavy (non-hydrogen) atoms. The molecular formula is C22H16N2O3. The highest BCUT2D eigenvalue weighted by Crippen LogP contribution is 2.28. The molecule has 0 radical (unpaired) electrons. The SMILES string of the molecule is Cn1c2ccccc2c2ccc(C=CC(=O)c3ccc([N+](=O)[O-])cc3)cc21. The summed E-state index contributed by atoms with van der Waals surface area (Å²) in [4.78, 5) is 22.5. The van der Waals surface area contributed by atoms with Crippen LogP contribution in [0.5, 0.6) is 0 Å². The number of hydrogen-bond acceptors (Lipinski definition) is 3.